The molecule has 2 aromatic heterocycles. The van der Waals surface area contributed by atoms with Crippen LogP contribution in [-0.2, 0) is 6.54 Å². The Kier molecular flexibility index (Phi) is 5.00. The van der Waals surface area contributed by atoms with Crippen LogP contribution in [0.4, 0.5) is 0 Å². The second-order valence-corrected chi connectivity index (χ2v) is 8.04. The summed E-state index contributed by atoms with van der Waals surface area (Å²) in [5, 5.41) is 4.97. The third-order valence-electron chi connectivity index (χ3n) is 4.46. The second kappa shape index (κ2) is 7.59. The van der Waals surface area contributed by atoms with Crippen molar-refractivity contribution in [3.63, 3.8) is 0 Å². The highest BCUT2D eigenvalue weighted by molar-refractivity contribution is 7.99. The third-order valence-corrected chi connectivity index (χ3v) is 5.54. The molecule has 0 aliphatic heterocycles. The maximum atomic E-state index is 13.2. The van der Waals surface area contributed by atoms with Crippen LogP contribution in [0.5, 0.6) is 0 Å². The van der Waals surface area contributed by atoms with E-state index in [1.165, 1.54) is 17.3 Å². The van der Waals surface area contributed by atoms with Gasteiger partial charge in [-0.1, -0.05) is 58.9 Å². The predicted octanol–water partition coefficient (Wildman–Crippen LogP) is 4.30. The highest BCUT2D eigenvalue weighted by Crippen LogP contribution is 2.33. The van der Waals surface area contributed by atoms with Gasteiger partial charge in [-0.05, 0) is 38.5 Å². The molecule has 142 valence electrons. The minimum Gasteiger partial charge on any atom is -0.338 e. The molecule has 4 rings (SSSR count). The molecule has 0 saturated heterocycles. The van der Waals surface area contributed by atoms with Crippen LogP contribution in [-0.4, -0.2) is 19.7 Å². The first-order valence-corrected chi connectivity index (χ1v) is 9.91. The number of thioether (sulfide) groups is 1. The minimum atomic E-state index is -0.126. The molecule has 0 spiro atoms. The zero-order chi connectivity index (χ0) is 19.7. The van der Waals surface area contributed by atoms with E-state index in [9.17, 15) is 4.79 Å². The number of aryl methyl sites for hydroxylation is 2. The van der Waals surface area contributed by atoms with Gasteiger partial charge in [0, 0.05) is 0 Å². The van der Waals surface area contributed by atoms with E-state index in [-0.39, 0.29) is 10.8 Å². The minimum absolute atomic E-state index is 0.0532. The van der Waals surface area contributed by atoms with Crippen LogP contribution in [0.15, 0.2) is 63.0 Å². The summed E-state index contributed by atoms with van der Waals surface area (Å²) in [5.74, 6) is 1.11. The molecular formula is C21H20N4O2S. The van der Waals surface area contributed by atoms with Crippen molar-refractivity contribution in [1.82, 2.24) is 19.7 Å². The molecule has 0 fully saturated rings. The molecule has 1 atom stereocenters. The molecule has 0 N–H and O–H groups in total. The number of rotatable bonds is 5. The van der Waals surface area contributed by atoms with Crippen molar-refractivity contribution in [3.8, 4) is 0 Å². The van der Waals surface area contributed by atoms with Gasteiger partial charge < -0.3 is 4.52 Å². The van der Waals surface area contributed by atoms with E-state index in [4.69, 9.17) is 9.51 Å². The highest BCUT2D eigenvalue weighted by Gasteiger charge is 2.19. The Balaban J connectivity index is 1.78. The first-order chi connectivity index (χ1) is 13.5. The fourth-order valence-electron chi connectivity index (χ4n) is 2.94. The van der Waals surface area contributed by atoms with Crippen molar-refractivity contribution >= 4 is 22.7 Å². The summed E-state index contributed by atoms with van der Waals surface area (Å²) in [4.78, 5) is 22.3. The molecular weight excluding hydrogens is 372 g/mol. The average molecular weight is 392 g/mol. The molecule has 28 heavy (non-hydrogen) atoms. The van der Waals surface area contributed by atoms with Gasteiger partial charge in [-0.3, -0.25) is 9.36 Å². The largest absolute Gasteiger partial charge is 0.338 e. The number of fused-ring (bicyclic) bond motifs is 1. The average Bonchev–Trinajstić information content (AvgIpc) is 3.13. The Bertz CT molecular complexity index is 1180. The zero-order valence-electron chi connectivity index (χ0n) is 15.9. The van der Waals surface area contributed by atoms with Gasteiger partial charge >= 0.3 is 0 Å². The van der Waals surface area contributed by atoms with Gasteiger partial charge in [-0.25, -0.2) is 4.98 Å². The fraction of sp³-hybridized carbons (Fsp3) is 0.238. The molecule has 4 aromatic rings. The van der Waals surface area contributed by atoms with Crippen molar-refractivity contribution in [2.24, 2.45) is 0 Å². The zero-order valence-corrected chi connectivity index (χ0v) is 16.7. The third kappa shape index (κ3) is 3.71. The van der Waals surface area contributed by atoms with Crippen LogP contribution in [0.2, 0.25) is 0 Å². The Morgan fingerprint density at radius 2 is 1.82 bits per heavy atom. The highest BCUT2D eigenvalue weighted by atomic mass is 32.2. The summed E-state index contributed by atoms with van der Waals surface area (Å²) in [6.45, 7) is 6.25. The summed E-state index contributed by atoms with van der Waals surface area (Å²) >= 11 is 1.44. The molecule has 0 unspecified atom stereocenters. The van der Waals surface area contributed by atoms with Crippen LogP contribution in [0, 0.1) is 13.8 Å². The number of benzene rings is 2. The van der Waals surface area contributed by atoms with Crippen molar-refractivity contribution in [2.45, 2.75) is 37.7 Å². The normalized spacial score (nSPS) is 12.4. The maximum absolute atomic E-state index is 13.2. The molecule has 0 bridgehead atoms. The summed E-state index contributed by atoms with van der Waals surface area (Å²) < 4.78 is 7.01. The smallest absolute Gasteiger partial charge is 0.262 e. The first kappa shape index (κ1) is 18.4. The van der Waals surface area contributed by atoms with E-state index in [0.717, 1.165) is 5.56 Å². The van der Waals surface area contributed by atoms with Crippen molar-refractivity contribution in [2.75, 3.05) is 0 Å². The van der Waals surface area contributed by atoms with Gasteiger partial charge in [0.25, 0.3) is 5.56 Å². The molecule has 0 aliphatic rings. The SMILES string of the molecule is Cc1ccc(Cn2c(S[C@@H](C)c3nc(C)no3)nc3ccccc3c2=O)cc1. The number of aromatic nitrogens is 4. The van der Waals surface area contributed by atoms with Gasteiger partial charge in [-0.15, -0.1) is 0 Å². The summed E-state index contributed by atoms with van der Waals surface area (Å²) in [6, 6.07) is 15.6. The van der Waals surface area contributed by atoms with Gasteiger partial charge in [0.15, 0.2) is 11.0 Å². The van der Waals surface area contributed by atoms with Crippen molar-refractivity contribution in [1.29, 1.82) is 0 Å². The topological polar surface area (TPSA) is 73.8 Å². The lowest BCUT2D eigenvalue weighted by molar-refractivity contribution is 0.376. The quantitative estimate of drug-likeness (QED) is 0.372. The van der Waals surface area contributed by atoms with Gasteiger partial charge in [-0.2, -0.15) is 4.98 Å². The van der Waals surface area contributed by atoms with Gasteiger partial charge in [0.2, 0.25) is 5.89 Å². The number of para-hydroxylation sites is 1. The number of hydrogen-bond donors (Lipinski definition) is 0. The van der Waals surface area contributed by atoms with Crippen LogP contribution in [0.25, 0.3) is 10.9 Å². The van der Waals surface area contributed by atoms with Crippen LogP contribution in [0.1, 0.15) is 35.0 Å². The Morgan fingerprint density at radius 1 is 1.07 bits per heavy atom. The molecule has 0 aliphatic carbocycles. The lowest BCUT2D eigenvalue weighted by atomic mass is 10.1. The summed E-state index contributed by atoms with van der Waals surface area (Å²) in [5.41, 5.74) is 2.86. The first-order valence-electron chi connectivity index (χ1n) is 9.03. The summed E-state index contributed by atoms with van der Waals surface area (Å²) in [6.07, 6.45) is 0. The molecule has 6 nitrogen and oxygen atoms in total. The summed E-state index contributed by atoms with van der Waals surface area (Å²) in [7, 11) is 0. The molecule has 2 heterocycles. The predicted molar refractivity (Wildman–Crippen MR) is 110 cm³/mol. The molecule has 0 radical (unpaired) electrons. The van der Waals surface area contributed by atoms with Crippen molar-refractivity contribution < 1.29 is 4.52 Å². The number of hydrogen-bond acceptors (Lipinski definition) is 6. The maximum Gasteiger partial charge on any atom is 0.262 e. The standard InChI is InChI=1S/C21H20N4O2S/c1-13-8-10-16(11-9-13)12-25-20(26)17-6-4-5-7-18(17)23-21(25)28-14(2)19-22-15(3)24-27-19/h4-11,14H,12H2,1-3H3/t14-/m0/s1. The lowest BCUT2D eigenvalue weighted by Gasteiger charge is -2.15. The molecule has 2 aromatic carbocycles. The van der Waals surface area contributed by atoms with Crippen LogP contribution < -0.4 is 5.56 Å². The Morgan fingerprint density at radius 3 is 2.54 bits per heavy atom. The second-order valence-electron chi connectivity index (χ2n) is 6.73. The van der Waals surface area contributed by atoms with E-state index >= 15 is 0 Å². The van der Waals surface area contributed by atoms with E-state index < -0.39 is 0 Å². The van der Waals surface area contributed by atoms with E-state index in [1.807, 2.05) is 62.4 Å². The Hall–Kier alpha value is -2.93. The lowest BCUT2D eigenvalue weighted by Crippen LogP contribution is -2.24. The molecule has 7 heteroatoms. The molecule has 0 amide bonds. The van der Waals surface area contributed by atoms with Crippen molar-refractivity contribution in [3.05, 3.63) is 81.7 Å². The van der Waals surface area contributed by atoms with E-state index in [2.05, 4.69) is 10.1 Å². The van der Waals surface area contributed by atoms with Gasteiger partial charge in [0.05, 0.1) is 22.7 Å². The van der Waals surface area contributed by atoms with Crippen LogP contribution >= 0.6 is 11.8 Å². The van der Waals surface area contributed by atoms with E-state index in [1.54, 1.807) is 11.5 Å². The van der Waals surface area contributed by atoms with Crippen LogP contribution in [0.3, 0.4) is 0 Å². The van der Waals surface area contributed by atoms with E-state index in [0.29, 0.717) is 34.3 Å². The monoisotopic (exact) mass is 392 g/mol. The molecule has 0 saturated carbocycles. The fourth-order valence-corrected chi connectivity index (χ4v) is 3.88. The number of nitrogens with zero attached hydrogens (tertiary/aromatic N) is 4. The van der Waals surface area contributed by atoms with Gasteiger partial charge in [0.1, 0.15) is 0 Å². The Labute approximate surface area is 166 Å².